The summed E-state index contributed by atoms with van der Waals surface area (Å²) in [5.74, 6) is 0. The van der Waals surface area contributed by atoms with Crippen LogP contribution in [0.15, 0.2) is 36.5 Å². The summed E-state index contributed by atoms with van der Waals surface area (Å²) in [6, 6.07) is 7.12. The molecule has 0 saturated carbocycles. The Hall–Kier alpha value is -2.29. The number of nitrogens with zero attached hydrogens (tertiary/aromatic N) is 3. The molecule has 0 aliphatic rings. The first kappa shape index (κ1) is 11.2. The van der Waals surface area contributed by atoms with Gasteiger partial charge >= 0.3 is 6.18 Å². The molecule has 0 aliphatic carbocycles. The van der Waals surface area contributed by atoms with Crippen molar-refractivity contribution >= 4 is 5.69 Å². The van der Waals surface area contributed by atoms with Gasteiger partial charge in [0.2, 0.25) is 0 Å². The molecule has 0 fully saturated rings. The third-order valence-electron chi connectivity index (χ3n) is 2.10. The van der Waals surface area contributed by atoms with Crippen molar-refractivity contribution in [3.63, 3.8) is 0 Å². The zero-order valence-corrected chi connectivity index (χ0v) is 8.44. The standard InChI is InChI=1S/C11H6F3N3/c1-15-8-3-2-4-9(7-8)17-6-5-10(16-17)11(12,13)14/h2-7H. The van der Waals surface area contributed by atoms with Crippen LogP contribution in [-0.2, 0) is 6.18 Å². The summed E-state index contributed by atoms with van der Waals surface area (Å²) in [6.45, 7) is 6.82. The van der Waals surface area contributed by atoms with Gasteiger partial charge in [-0.15, -0.1) is 0 Å². The Bertz CT molecular complexity index is 578. The summed E-state index contributed by atoms with van der Waals surface area (Å²) in [6.07, 6.45) is -3.24. The molecule has 0 unspecified atom stereocenters. The van der Waals surface area contributed by atoms with Gasteiger partial charge in [-0.25, -0.2) is 9.53 Å². The lowest BCUT2D eigenvalue weighted by Crippen LogP contribution is -2.07. The first-order valence-corrected chi connectivity index (χ1v) is 4.61. The molecule has 3 nitrogen and oxygen atoms in total. The smallest absolute Gasteiger partial charge is 0.242 e. The third kappa shape index (κ3) is 2.28. The molecule has 0 bridgehead atoms. The van der Waals surface area contributed by atoms with E-state index in [2.05, 4.69) is 9.94 Å². The summed E-state index contributed by atoms with van der Waals surface area (Å²) in [7, 11) is 0. The van der Waals surface area contributed by atoms with Crippen molar-refractivity contribution in [3.05, 3.63) is 53.6 Å². The van der Waals surface area contributed by atoms with Crippen LogP contribution >= 0.6 is 0 Å². The molecule has 17 heavy (non-hydrogen) atoms. The van der Waals surface area contributed by atoms with Crippen LogP contribution in [0.3, 0.4) is 0 Å². The molecule has 1 heterocycles. The minimum atomic E-state index is -4.46. The largest absolute Gasteiger partial charge is 0.435 e. The van der Waals surface area contributed by atoms with E-state index in [4.69, 9.17) is 6.57 Å². The van der Waals surface area contributed by atoms with Gasteiger partial charge in [0.1, 0.15) is 0 Å². The van der Waals surface area contributed by atoms with Crippen molar-refractivity contribution in [2.75, 3.05) is 0 Å². The van der Waals surface area contributed by atoms with Crippen LogP contribution in [0.25, 0.3) is 10.5 Å². The zero-order valence-electron chi connectivity index (χ0n) is 8.44. The Morgan fingerprint density at radius 1 is 1.24 bits per heavy atom. The van der Waals surface area contributed by atoms with Gasteiger partial charge in [-0.1, -0.05) is 12.1 Å². The lowest BCUT2D eigenvalue weighted by atomic mass is 10.3. The van der Waals surface area contributed by atoms with E-state index in [0.29, 0.717) is 11.4 Å². The minimum absolute atomic E-state index is 0.353. The second kappa shape index (κ2) is 3.94. The molecule has 2 aromatic rings. The van der Waals surface area contributed by atoms with E-state index in [0.717, 1.165) is 10.7 Å². The van der Waals surface area contributed by atoms with Crippen LogP contribution in [0.1, 0.15) is 5.69 Å². The van der Waals surface area contributed by atoms with E-state index in [1.807, 2.05) is 0 Å². The Balaban J connectivity index is 2.41. The van der Waals surface area contributed by atoms with E-state index >= 15 is 0 Å². The Morgan fingerprint density at radius 2 is 2.00 bits per heavy atom. The van der Waals surface area contributed by atoms with E-state index in [9.17, 15) is 13.2 Å². The average molecular weight is 237 g/mol. The zero-order chi connectivity index (χ0) is 12.5. The monoisotopic (exact) mass is 237 g/mol. The normalized spacial score (nSPS) is 11.2. The summed E-state index contributed by atoms with van der Waals surface area (Å²) in [5, 5.41) is 3.42. The summed E-state index contributed by atoms with van der Waals surface area (Å²) < 4.78 is 38.1. The van der Waals surface area contributed by atoms with Gasteiger partial charge in [0, 0.05) is 6.20 Å². The quantitative estimate of drug-likeness (QED) is 0.696. The van der Waals surface area contributed by atoms with Gasteiger partial charge < -0.3 is 0 Å². The van der Waals surface area contributed by atoms with E-state index < -0.39 is 11.9 Å². The third-order valence-corrected chi connectivity index (χ3v) is 2.10. The molecule has 1 aromatic heterocycles. The molecule has 0 amide bonds. The maximum absolute atomic E-state index is 12.3. The fourth-order valence-corrected chi connectivity index (χ4v) is 1.32. The van der Waals surface area contributed by atoms with Crippen LogP contribution in [0, 0.1) is 6.57 Å². The first-order valence-electron chi connectivity index (χ1n) is 4.61. The highest BCUT2D eigenvalue weighted by Crippen LogP contribution is 2.28. The molecule has 0 spiro atoms. The maximum Gasteiger partial charge on any atom is 0.435 e. The number of rotatable bonds is 1. The highest BCUT2D eigenvalue weighted by Gasteiger charge is 2.33. The van der Waals surface area contributed by atoms with E-state index in [-0.39, 0.29) is 0 Å². The average Bonchev–Trinajstić information content (AvgIpc) is 2.78. The van der Waals surface area contributed by atoms with E-state index in [1.54, 1.807) is 18.2 Å². The van der Waals surface area contributed by atoms with E-state index in [1.165, 1.54) is 12.3 Å². The highest BCUT2D eigenvalue weighted by molar-refractivity contribution is 5.51. The van der Waals surface area contributed by atoms with Crippen molar-refractivity contribution < 1.29 is 13.2 Å². The molecule has 0 N–H and O–H groups in total. The summed E-state index contributed by atoms with van der Waals surface area (Å²) >= 11 is 0. The fraction of sp³-hybridized carbons (Fsp3) is 0.0909. The van der Waals surface area contributed by atoms with Crippen LogP contribution in [-0.4, -0.2) is 9.78 Å². The number of aromatic nitrogens is 2. The second-order valence-corrected chi connectivity index (χ2v) is 3.27. The van der Waals surface area contributed by atoms with Crippen molar-refractivity contribution in [2.24, 2.45) is 0 Å². The molecule has 1 aromatic carbocycles. The molecular formula is C11H6F3N3. The van der Waals surface area contributed by atoms with Gasteiger partial charge in [-0.05, 0) is 18.2 Å². The van der Waals surface area contributed by atoms with Crippen molar-refractivity contribution in [2.45, 2.75) is 6.18 Å². The van der Waals surface area contributed by atoms with Crippen LogP contribution < -0.4 is 0 Å². The van der Waals surface area contributed by atoms with Crippen molar-refractivity contribution in [1.29, 1.82) is 0 Å². The molecule has 6 heteroatoms. The Kier molecular flexibility index (Phi) is 2.60. The van der Waals surface area contributed by atoms with Gasteiger partial charge in [0.15, 0.2) is 11.4 Å². The van der Waals surface area contributed by atoms with Crippen LogP contribution in [0.5, 0.6) is 0 Å². The summed E-state index contributed by atoms with van der Waals surface area (Å²) in [5.41, 5.74) is -0.175. The molecule has 0 saturated heterocycles. The second-order valence-electron chi connectivity index (χ2n) is 3.27. The van der Waals surface area contributed by atoms with Gasteiger partial charge in [0.05, 0.1) is 12.3 Å². The summed E-state index contributed by atoms with van der Waals surface area (Å²) in [4.78, 5) is 3.20. The molecule has 0 radical (unpaired) electrons. The number of halogens is 3. The lowest BCUT2D eigenvalue weighted by molar-refractivity contribution is -0.141. The first-order chi connectivity index (χ1) is 8.00. The van der Waals surface area contributed by atoms with Crippen molar-refractivity contribution in [1.82, 2.24) is 9.78 Å². The number of hydrogen-bond acceptors (Lipinski definition) is 1. The molecule has 86 valence electrons. The maximum atomic E-state index is 12.3. The van der Waals surface area contributed by atoms with Crippen LogP contribution in [0.2, 0.25) is 0 Å². The van der Waals surface area contributed by atoms with Gasteiger partial charge in [-0.2, -0.15) is 18.3 Å². The topological polar surface area (TPSA) is 22.2 Å². The Labute approximate surface area is 94.9 Å². The predicted molar refractivity (Wildman–Crippen MR) is 54.8 cm³/mol. The van der Waals surface area contributed by atoms with Gasteiger partial charge in [0.25, 0.3) is 0 Å². The molecule has 2 rings (SSSR count). The minimum Gasteiger partial charge on any atom is -0.242 e. The SMILES string of the molecule is [C-]#[N+]c1cccc(-n2ccc(C(F)(F)F)n2)c1. The molecule has 0 atom stereocenters. The molecular weight excluding hydrogens is 231 g/mol. The Morgan fingerprint density at radius 3 is 2.59 bits per heavy atom. The number of benzene rings is 1. The predicted octanol–water partition coefficient (Wildman–Crippen LogP) is 3.44. The lowest BCUT2D eigenvalue weighted by Gasteiger charge is -2.03. The highest BCUT2D eigenvalue weighted by atomic mass is 19.4. The van der Waals surface area contributed by atoms with Crippen molar-refractivity contribution in [3.8, 4) is 5.69 Å². The van der Waals surface area contributed by atoms with Gasteiger partial charge in [-0.3, -0.25) is 0 Å². The van der Waals surface area contributed by atoms with Crippen LogP contribution in [0.4, 0.5) is 18.9 Å². The molecule has 0 aliphatic heterocycles. The fourth-order valence-electron chi connectivity index (χ4n) is 1.32. The number of hydrogen-bond donors (Lipinski definition) is 0. The number of alkyl halides is 3.